The van der Waals surface area contributed by atoms with Gasteiger partial charge in [-0.25, -0.2) is 13.1 Å². The first-order valence-corrected chi connectivity index (χ1v) is 7.69. The lowest BCUT2D eigenvalue weighted by Crippen LogP contribution is -2.53. The summed E-state index contributed by atoms with van der Waals surface area (Å²) in [6.07, 6.45) is 0. The molecule has 1 aliphatic heterocycles. The SMILES string of the molecule is Cc1cc(Cl)ccc1S(=O)(=O)NCC1(CO)COC1. The molecule has 106 valence electrons. The molecule has 0 aliphatic carbocycles. The van der Waals surface area contributed by atoms with E-state index in [2.05, 4.69) is 4.72 Å². The van der Waals surface area contributed by atoms with Crippen molar-refractivity contribution in [2.45, 2.75) is 11.8 Å². The van der Waals surface area contributed by atoms with Crippen LogP contribution in [0.25, 0.3) is 0 Å². The average molecular weight is 306 g/mol. The van der Waals surface area contributed by atoms with Gasteiger partial charge in [0.2, 0.25) is 10.0 Å². The fourth-order valence-electron chi connectivity index (χ4n) is 1.88. The van der Waals surface area contributed by atoms with E-state index in [-0.39, 0.29) is 18.0 Å². The van der Waals surface area contributed by atoms with Gasteiger partial charge in [-0.3, -0.25) is 0 Å². The number of rotatable bonds is 5. The predicted molar refractivity (Wildman–Crippen MR) is 71.7 cm³/mol. The summed E-state index contributed by atoms with van der Waals surface area (Å²) in [5.41, 5.74) is 0.0934. The van der Waals surface area contributed by atoms with Crippen LogP contribution >= 0.6 is 11.6 Å². The standard InChI is InChI=1S/C12H16ClNO4S/c1-9-4-10(13)2-3-11(9)19(16,17)14-5-12(6-15)7-18-8-12/h2-4,14-15H,5-8H2,1H3. The van der Waals surface area contributed by atoms with Crippen molar-refractivity contribution >= 4 is 21.6 Å². The molecule has 0 unspecified atom stereocenters. The Balaban J connectivity index is 2.14. The first kappa shape index (κ1) is 14.7. The third-order valence-electron chi connectivity index (χ3n) is 3.22. The number of nitrogens with one attached hydrogen (secondary N) is 1. The number of ether oxygens (including phenoxy) is 1. The summed E-state index contributed by atoms with van der Waals surface area (Å²) >= 11 is 5.81. The van der Waals surface area contributed by atoms with Crippen LogP contribution in [-0.2, 0) is 14.8 Å². The molecule has 19 heavy (non-hydrogen) atoms. The third kappa shape index (κ3) is 3.09. The van der Waals surface area contributed by atoms with Gasteiger partial charge in [-0.2, -0.15) is 0 Å². The van der Waals surface area contributed by atoms with E-state index in [1.807, 2.05) is 0 Å². The second-order valence-electron chi connectivity index (χ2n) is 4.89. The summed E-state index contributed by atoms with van der Waals surface area (Å²) in [6, 6.07) is 4.62. The maximum absolute atomic E-state index is 12.2. The van der Waals surface area contributed by atoms with Gasteiger partial charge in [-0.15, -0.1) is 0 Å². The summed E-state index contributed by atoms with van der Waals surface area (Å²) in [7, 11) is -3.60. The van der Waals surface area contributed by atoms with Crippen molar-refractivity contribution in [3.05, 3.63) is 28.8 Å². The number of hydrogen-bond donors (Lipinski definition) is 2. The lowest BCUT2D eigenvalue weighted by Gasteiger charge is -2.39. The molecule has 0 saturated carbocycles. The predicted octanol–water partition coefficient (Wildman–Crippen LogP) is 0.936. The Morgan fingerprint density at radius 3 is 2.63 bits per heavy atom. The second kappa shape index (κ2) is 5.38. The van der Waals surface area contributed by atoms with Crippen LogP contribution in [-0.4, -0.2) is 39.9 Å². The summed E-state index contributed by atoms with van der Waals surface area (Å²) in [5.74, 6) is 0. The van der Waals surface area contributed by atoms with E-state index in [0.29, 0.717) is 23.8 Å². The van der Waals surface area contributed by atoms with Gasteiger partial charge >= 0.3 is 0 Å². The third-order valence-corrected chi connectivity index (χ3v) is 5.01. The Kier molecular flexibility index (Phi) is 4.17. The monoisotopic (exact) mass is 305 g/mol. The molecule has 0 amide bonds. The zero-order chi connectivity index (χ0) is 14.1. The van der Waals surface area contributed by atoms with Crippen molar-refractivity contribution in [2.24, 2.45) is 5.41 Å². The van der Waals surface area contributed by atoms with Crippen molar-refractivity contribution in [3.8, 4) is 0 Å². The van der Waals surface area contributed by atoms with Crippen LogP contribution in [0.3, 0.4) is 0 Å². The van der Waals surface area contributed by atoms with Crippen molar-refractivity contribution in [1.82, 2.24) is 4.72 Å². The Morgan fingerprint density at radius 2 is 2.16 bits per heavy atom. The van der Waals surface area contributed by atoms with Gasteiger partial charge in [0.05, 0.1) is 30.1 Å². The topological polar surface area (TPSA) is 75.6 Å². The van der Waals surface area contributed by atoms with Gasteiger partial charge in [-0.05, 0) is 30.7 Å². The zero-order valence-corrected chi connectivity index (χ0v) is 12.1. The van der Waals surface area contributed by atoms with Crippen molar-refractivity contribution in [3.63, 3.8) is 0 Å². The number of aliphatic hydroxyl groups excluding tert-OH is 1. The minimum absolute atomic E-state index is 0.102. The quantitative estimate of drug-likeness (QED) is 0.849. The Bertz CT molecular complexity index is 564. The lowest BCUT2D eigenvalue weighted by molar-refractivity contribution is -0.132. The highest BCUT2D eigenvalue weighted by molar-refractivity contribution is 7.89. The van der Waals surface area contributed by atoms with Crippen LogP contribution in [0.1, 0.15) is 5.56 Å². The number of sulfonamides is 1. The lowest BCUT2D eigenvalue weighted by atomic mass is 9.87. The maximum atomic E-state index is 12.2. The molecule has 5 nitrogen and oxygen atoms in total. The smallest absolute Gasteiger partial charge is 0.240 e. The van der Waals surface area contributed by atoms with E-state index in [1.165, 1.54) is 12.1 Å². The van der Waals surface area contributed by atoms with Crippen LogP contribution in [0.15, 0.2) is 23.1 Å². The maximum Gasteiger partial charge on any atom is 0.240 e. The number of aliphatic hydroxyl groups is 1. The molecular formula is C12H16ClNO4S. The highest BCUT2D eigenvalue weighted by Crippen LogP contribution is 2.27. The zero-order valence-electron chi connectivity index (χ0n) is 10.5. The van der Waals surface area contributed by atoms with E-state index in [1.54, 1.807) is 13.0 Å². The van der Waals surface area contributed by atoms with E-state index in [9.17, 15) is 13.5 Å². The Hall–Kier alpha value is -0.660. The highest BCUT2D eigenvalue weighted by atomic mass is 35.5. The number of benzene rings is 1. The Labute approximate surface area is 117 Å². The van der Waals surface area contributed by atoms with E-state index >= 15 is 0 Å². The molecule has 1 aromatic carbocycles. The number of hydrogen-bond acceptors (Lipinski definition) is 4. The van der Waals surface area contributed by atoms with E-state index in [4.69, 9.17) is 16.3 Å². The molecule has 0 aromatic heterocycles. The van der Waals surface area contributed by atoms with Crippen LogP contribution in [0.4, 0.5) is 0 Å². The molecule has 2 rings (SSSR count). The molecule has 0 radical (unpaired) electrons. The molecular weight excluding hydrogens is 290 g/mol. The molecule has 2 N–H and O–H groups in total. The van der Waals surface area contributed by atoms with Crippen LogP contribution in [0.2, 0.25) is 5.02 Å². The molecule has 1 saturated heterocycles. The van der Waals surface area contributed by atoms with Gasteiger partial charge < -0.3 is 9.84 Å². The van der Waals surface area contributed by atoms with Gasteiger partial charge in [-0.1, -0.05) is 11.6 Å². The largest absolute Gasteiger partial charge is 0.396 e. The molecule has 0 spiro atoms. The second-order valence-corrected chi connectivity index (χ2v) is 7.06. The Morgan fingerprint density at radius 1 is 1.47 bits per heavy atom. The van der Waals surface area contributed by atoms with Gasteiger partial charge in [0.15, 0.2) is 0 Å². The molecule has 7 heteroatoms. The van der Waals surface area contributed by atoms with Crippen LogP contribution < -0.4 is 4.72 Å². The molecule has 1 heterocycles. The van der Waals surface area contributed by atoms with Crippen molar-refractivity contribution in [2.75, 3.05) is 26.4 Å². The minimum atomic E-state index is -3.60. The normalized spacial score (nSPS) is 18.1. The summed E-state index contributed by atoms with van der Waals surface area (Å²) in [6.45, 7) is 2.48. The molecule has 0 bridgehead atoms. The van der Waals surface area contributed by atoms with Crippen LogP contribution in [0, 0.1) is 12.3 Å². The summed E-state index contributed by atoms with van der Waals surface area (Å²) in [4.78, 5) is 0.199. The van der Waals surface area contributed by atoms with Crippen LogP contribution in [0.5, 0.6) is 0 Å². The van der Waals surface area contributed by atoms with Gasteiger partial charge in [0.1, 0.15) is 0 Å². The summed E-state index contributed by atoms with van der Waals surface area (Å²) in [5, 5.41) is 9.76. The van der Waals surface area contributed by atoms with Gasteiger partial charge in [0.25, 0.3) is 0 Å². The molecule has 1 aromatic rings. The molecule has 0 atom stereocenters. The first-order chi connectivity index (χ1) is 8.88. The van der Waals surface area contributed by atoms with E-state index in [0.717, 1.165) is 0 Å². The van der Waals surface area contributed by atoms with Crippen molar-refractivity contribution < 1.29 is 18.3 Å². The highest BCUT2D eigenvalue weighted by Gasteiger charge is 2.39. The molecule has 1 fully saturated rings. The number of aryl methyl sites for hydroxylation is 1. The summed E-state index contributed by atoms with van der Waals surface area (Å²) < 4.78 is 31.9. The number of halogens is 1. The fourth-order valence-corrected chi connectivity index (χ4v) is 3.49. The average Bonchev–Trinajstić information content (AvgIpc) is 2.27. The van der Waals surface area contributed by atoms with E-state index < -0.39 is 15.4 Å². The van der Waals surface area contributed by atoms with Gasteiger partial charge in [0, 0.05) is 11.6 Å². The minimum Gasteiger partial charge on any atom is -0.396 e. The molecule has 1 aliphatic rings. The van der Waals surface area contributed by atoms with Crippen molar-refractivity contribution in [1.29, 1.82) is 0 Å². The first-order valence-electron chi connectivity index (χ1n) is 5.83. The fraction of sp³-hybridized carbons (Fsp3) is 0.500.